The molecule has 1 saturated heterocycles. The van der Waals surface area contributed by atoms with Gasteiger partial charge in [0.15, 0.2) is 0 Å². The first-order valence-corrected chi connectivity index (χ1v) is 6.84. The van der Waals surface area contributed by atoms with Gasteiger partial charge < -0.3 is 15.6 Å². The van der Waals surface area contributed by atoms with E-state index in [0.717, 1.165) is 17.0 Å². The van der Waals surface area contributed by atoms with Crippen molar-refractivity contribution in [2.45, 2.75) is 25.8 Å². The van der Waals surface area contributed by atoms with Gasteiger partial charge in [0, 0.05) is 23.4 Å². The van der Waals surface area contributed by atoms with E-state index in [9.17, 15) is 9.59 Å². The highest BCUT2D eigenvalue weighted by Crippen LogP contribution is 2.23. The molecule has 0 saturated carbocycles. The number of hydrogen-bond acceptors (Lipinski definition) is 3. The lowest BCUT2D eigenvalue weighted by Gasteiger charge is -2.11. The number of hydrogen-bond donors (Lipinski definition) is 3. The van der Waals surface area contributed by atoms with Gasteiger partial charge in [-0.05, 0) is 25.5 Å². The van der Waals surface area contributed by atoms with Gasteiger partial charge in [0.1, 0.15) is 6.04 Å². The Morgan fingerprint density at radius 2 is 2.29 bits per heavy atom. The molecule has 21 heavy (non-hydrogen) atoms. The molecule has 1 aliphatic rings. The normalized spacial score (nSPS) is 17.6. The van der Waals surface area contributed by atoms with Crippen LogP contribution in [0.4, 0.5) is 5.69 Å². The topological polar surface area (TPSA) is 86.9 Å². The first-order chi connectivity index (χ1) is 10.1. The van der Waals surface area contributed by atoms with Crippen molar-refractivity contribution >= 4 is 17.5 Å². The second-order valence-electron chi connectivity index (χ2n) is 5.10. The smallest absolute Gasteiger partial charge is 0.246 e. The Hall–Kier alpha value is -2.63. The van der Waals surface area contributed by atoms with Gasteiger partial charge in [-0.15, -0.1) is 0 Å². The summed E-state index contributed by atoms with van der Waals surface area (Å²) in [6.07, 6.45) is 2.59. The summed E-state index contributed by atoms with van der Waals surface area (Å²) in [4.78, 5) is 30.5. The van der Waals surface area contributed by atoms with Crippen LogP contribution in [-0.2, 0) is 9.59 Å². The van der Waals surface area contributed by atoms with Crippen molar-refractivity contribution in [2.24, 2.45) is 0 Å². The molecule has 2 aromatic rings. The molecule has 1 aromatic heterocycles. The number of aromatic amines is 1. The van der Waals surface area contributed by atoms with Gasteiger partial charge in [0.2, 0.25) is 11.8 Å². The molecular formula is C15H16N4O2. The van der Waals surface area contributed by atoms with Crippen molar-refractivity contribution in [2.75, 3.05) is 5.32 Å². The number of imidazole rings is 1. The Labute approximate surface area is 122 Å². The minimum Gasteiger partial charge on any atom is -0.348 e. The summed E-state index contributed by atoms with van der Waals surface area (Å²) in [6, 6.07) is 7.06. The number of nitrogens with one attached hydrogen (secondary N) is 3. The molecule has 0 bridgehead atoms. The van der Waals surface area contributed by atoms with E-state index < -0.39 is 6.04 Å². The zero-order valence-electron chi connectivity index (χ0n) is 11.6. The van der Waals surface area contributed by atoms with Gasteiger partial charge in [-0.25, -0.2) is 4.98 Å². The number of amides is 2. The minimum atomic E-state index is -0.437. The maximum atomic E-state index is 12.1. The molecule has 0 radical (unpaired) electrons. The van der Waals surface area contributed by atoms with Gasteiger partial charge in [0.25, 0.3) is 0 Å². The average Bonchev–Trinajstić information content (AvgIpc) is 3.08. The molecule has 1 aliphatic heterocycles. The van der Waals surface area contributed by atoms with Crippen LogP contribution < -0.4 is 10.6 Å². The van der Waals surface area contributed by atoms with Crippen LogP contribution in [0.5, 0.6) is 0 Å². The van der Waals surface area contributed by atoms with Crippen molar-refractivity contribution in [3.05, 3.63) is 36.3 Å². The van der Waals surface area contributed by atoms with E-state index in [0.29, 0.717) is 18.5 Å². The first kappa shape index (κ1) is 13.4. The van der Waals surface area contributed by atoms with E-state index in [1.165, 1.54) is 0 Å². The van der Waals surface area contributed by atoms with Crippen LogP contribution in [0.2, 0.25) is 0 Å². The van der Waals surface area contributed by atoms with Crippen LogP contribution in [0.3, 0.4) is 0 Å². The summed E-state index contributed by atoms with van der Waals surface area (Å²) < 4.78 is 0. The van der Waals surface area contributed by atoms with E-state index in [1.807, 2.05) is 31.2 Å². The van der Waals surface area contributed by atoms with E-state index in [1.54, 1.807) is 6.33 Å². The molecule has 1 fully saturated rings. The van der Waals surface area contributed by atoms with Gasteiger partial charge in [-0.3, -0.25) is 9.59 Å². The summed E-state index contributed by atoms with van der Waals surface area (Å²) in [6.45, 7) is 1.95. The molecule has 6 heteroatoms. The van der Waals surface area contributed by atoms with Crippen molar-refractivity contribution in [3.63, 3.8) is 0 Å². The van der Waals surface area contributed by atoms with Crippen LogP contribution in [0.15, 0.2) is 30.6 Å². The second kappa shape index (κ2) is 5.40. The van der Waals surface area contributed by atoms with Gasteiger partial charge in [-0.1, -0.05) is 12.1 Å². The summed E-state index contributed by atoms with van der Waals surface area (Å²) >= 11 is 0. The highest BCUT2D eigenvalue weighted by molar-refractivity contribution is 5.99. The average molecular weight is 284 g/mol. The molecule has 3 N–H and O–H groups in total. The van der Waals surface area contributed by atoms with Crippen LogP contribution in [0, 0.1) is 6.92 Å². The number of benzene rings is 1. The third kappa shape index (κ3) is 2.79. The monoisotopic (exact) mass is 284 g/mol. The Morgan fingerprint density at radius 1 is 1.43 bits per heavy atom. The fourth-order valence-corrected chi connectivity index (χ4v) is 2.43. The lowest BCUT2D eigenvalue weighted by atomic mass is 10.1. The van der Waals surface area contributed by atoms with E-state index >= 15 is 0 Å². The largest absolute Gasteiger partial charge is 0.348 e. The van der Waals surface area contributed by atoms with Crippen LogP contribution >= 0.6 is 0 Å². The molecule has 108 valence electrons. The van der Waals surface area contributed by atoms with Crippen molar-refractivity contribution in [1.82, 2.24) is 15.3 Å². The quantitative estimate of drug-likeness (QED) is 0.800. The summed E-state index contributed by atoms with van der Waals surface area (Å²) in [5.74, 6) is -0.257. The van der Waals surface area contributed by atoms with Crippen molar-refractivity contribution < 1.29 is 9.59 Å². The SMILES string of the molecule is Cc1[nH]cnc1-c1cccc(NC(=O)C2CCC(=O)N2)c1. The Balaban J connectivity index is 1.76. The molecule has 0 aliphatic carbocycles. The third-order valence-electron chi connectivity index (χ3n) is 3.55. The predicted molar refractivity (Wildman–Crippen MR) is 78.6 cm³/mol. The highest BCUT2D eigenvalue weighted by atomic mass is 16.2. The number of anilines is 1. The lowest BCUT2D eigenvalue weighted by Crippen LogP contribution is -2.37. The van der Waals surface area contributed by atoms with Crippen LogP contribution in [0.25, 0.3) is 11.3 Å². The molecular weight excluding hydrogens is 268 g/mol. The van der Waals surface area contributed by atoms with Gasteiger partial charge in [-0.2, -0.15) is 0 Å². The third-order valence-corrected chi connectivity index (χ3v) is 3.55. The van der Waals surface area contributed by atoms with E-state index in [4.69, 9.17) is 0 Å². The second-order valence-corrected chi connectivity index (χ2v) is 5.10. The van der Waals surface area contributed by atoms with E-state index in [2.05, 4.69) is 20.6 Å². The molecule has 6 nitrogen and oxygen atoms in total. The first-order valence-electron chi connectivity index (χ1n) is 6.84. The van der Waals surface area contributed by atoms with Gasteiger partial charge in [0.05, 0.1) is 12.0 Å². The van der Waals surface area contributed by atoms with Gasteiger partial charge >= 0.3 is 0 Å². The molecule has 1 aromatic carbocycles. The molecule has 1 atom stereocenters. The zero-order chi connectivity index (χ0) is 14.8. The highest BCUT2D eigenvalue weighted by Gasteiger charge is 2.27. The fraction of sp³-hybridized carbons (Fsp3) is 0.267. The van der Waals surface area contributed by atoms with Crippen molar-refractivity contribution in [3.8, 4) is 11.3 Å². The zero-order valence-corrected chi connectivity index (χ0v) is 11.6. The number of H-pyrrole nitrogens is 1. The Morgan fingerprint density at radius 3 is 2.95 bits per heavy atom. The molecule has 2 amide bonds. The maximum Gasteiger partial charge on any atom is 0.246 e. The molecule has 1 unspecified atom stereocenters. The number of carbonyl (C=O) groups is 2. The summed E-state index contributed by atoms with van der Waals surface area (Å²) in [5.41, 5.74) is 3.46. The Bertz CT molecular complexity index is 692. The molecule has 0 spiro atoms. The number of aryl methyl sites for hydroxylation is 1. The fourth-order valence-electron chi connectivity index (χ4n) is 2.43. The maximum absolute atomic E-state index is 12.1. The summed E-state index contributed by atoms with van der Waals surface area (Å²) in [5, 5.41) is 5.49. The molecule has 2 heterocycles. The minimum absolute atomic E-state index is 0.0731. The number of carbonyl (C=O) groups excluding carboxylic acids is 2. The van der Waals surface area contributed by atoms with Crippen LogP contribution in [-0.4, -0.2) is 27.8 Å². The standard InChI is InChI=1S/C15H16N4O2/c1-9-14(17-8-16-9)10-3-2-4-11(7-10)18-15(21)12-5-6-13(20)19-12/h2-4,7-8,12H,5-6H2,1H3,(H,16,17)(H,18,21)(H,19,20). The number of rotatable bonds is 3. The van der Waals surface area contributed by atoms with Crippen LogP contribution in [0.1, 0.15) is 18.5 Å². The summed E-state index contributed by atoms with van der Waals surface area (Å²) in [7, 11) is 0. The predicted octanol–water partition coefficient (Wildman–Crippen LogP) is 1.60. The van der Waals surface area contributed by atoms with Crippen molar-refractivity contribution in [1.29, 1.82) is 0 Å². The Kier molecular flexibility index (Phi) is 3.43. The number of aromatic nitrogens is 2. The molecule has 3 rings (SSSR count). The number of nitrogens with zero attached hydrogens (tertiary/aromatic N) is 1. The lowest BCUT2D eigenvalue weighted by molar-refractivity contribution is -0.122. The van der Waals surface area contributed by atoms with E-state index in [-0.39, 0.29) is 11.8 Å².